The van der Waals surface area contributed by atoms with Crippen LogP contribution in [-0.2, 0) is 30.0 Å². The quantitative estimate of drug-likeness (QED) is 0.607. The molecule has 8 heteroatoms. The predicted octanol–water partition coefficient (Wildman–Crippen LogP) is 0.848. The van der Waals surface area contributed by atoms with Crippen LogP contribution in [0.25, 0.3) is 11.0 Å². The summed E-state index contributed by atoms with van der Waals surface area (Å²) < 4.78 is 7.14. The van der Waals surface area contributed by atoms with E-state index in [1.807, 2.05) is 6.92 Å². The van der Waals surface area contributed by atoms with Crippen LogP contribution in [0.1, 0.15) is 19.4 Å². The zero-order chi connectivity index (χ0) is 17.3. The van der Waals surface area contributed by atoms with Gasteiger partial charge in [-0.2, -0.15) is 0 Å². The molecule has 124 valence electrons. The smallest absolute Gasteiger partial charge is 0.332 e. The Bertz CT molecular complexity index is 885. The minimum absolute atomic E-state index is 0.315. The number of methoxy groups -OCH3 is 1. The molecule has 0 saturated heterocycles. The van der Waals surface area contributed by atoms with Crippen LogP contribution >= 0.6 is 11.8 Å². The predicted molar refractivity (Wildman–Crippen MR) is 88.9 cm³/mol. The van der Waals surface area contributed by atoms with Gasteiger partial charge in [0.1, 0.15) is 10.9 Å². The number of hydrogen-bond acceptors (Lipinski definition) is 6. The van der Waals surface area contributed by atoms with Crippen LogP contribution in [0, 0.1) is 0 Å². The maximum Gasteiger partial charge on any atom is 0.332 e. The first-order valence-electron chi connectivity index (χ1n) is 7.15. The highest BCUT2D eigenvalue weighted by molar-refractivity contribution is 8.00. The average molecular weight is 337 g/mol. The molecule has 0 unspecified atom stereocenters. The van der Waals surface area contributed by atoms with E-state index in [1.165, 1.54) is 30.5 Å². The maximum atomic E-state index is 12.6. The van der Waals surface area contributed by atoms with Gasteiger partial charge >= 0.3 is 11.7 Å². The van der Waals surface area contributed by atoms with Crippen LogP contribution in [0.3, 0.4) is 0 Å². The molecule has 0 saturated carbocycles. The van der Waals surface area contributed by atoms with Gasteiger partial charge in [-0.3, -0.25) is 18.7 Å². The molecule has 0 fully saturated rings. The fourth-order valence-electron chi connectivity index (χ4n) is 2.32. The molecule has 0 amide bonds. The molecule has 2 aromatic heterocycles. The molecule has 0 aliphatic heterocycles. The highest BCUT2D eigenvalue weighted by Crippen LogP contribution is 2.31. The number of fused-ring (bicyclic) bond motifs is 1. The number of carbonyl (C=O) groups excluding carboxylic acids is 1. The summed E-state index contributed by atoms with van der Waals surface area (Å²) in [7, 11) is 4.33. The van der Waals surface area contributed by atoms with E-state index in [2.05, 4.69) is 4.98 Å². The summed E-state index contributed by atoms with van der Waals surface area (Å²) in [6.45, 7) is 3.66. The van der Waals surface area contributed by atoms with Crippen molar-refractivity contribution < 1.29 is 9.53 Å². The van der Waals surface area contributed by atoms with Crippen molar-refractivity contribution in [3.05, 3.63) is 32.6 Å². The van der Waals surface area contributed by atoms with Crippen LogP contribution in [-0.4, -0.2) is 32.4 Å². The summed E-state index contributed by atoms with van der Waals surface area (Å²) in [6.07, 6.45) is 2.30. The fourth-order valence-corrected chi connectivity index (χ4v) is 3.51. The second-order valence-electron chi connectivity index (χ2n) is 5.15. The van der Waals surface area contributed by atoms with Crippen molar-refractivity contribution in [3.63, 3.8) is 0 Å². The number of esters is 1. The second kappa shape index (κ2) is 6.57. The lowest BCUT2D eigenvalue weighted by atomic mass is 10.2. The number of thioether (sulfide) groups is 1. The monoisotopic (exact) mass is 337 g/mol. The molecule has 7 nitrogen and oxygen atoms in total. The summed E-state index contributed by atoms with van der Waals surface area (Å²) in [6, 6.07) is 0. The topological polar surface area (TPSA) is 83.2 Å². The van der Waals surface area contributed by atoms with Crippen molar-refractivity contribution in [3.8, 4) is 0 Å². The van der Waals surface area contributed by atoms with Crippen LogP contribution < -0.4 is 11.2 Å². The standard InChI is InChI=1S/C15H19N3O4S/c1-6-9-7-16-12-10(11(9)23-8(2)14(20)22-5)13(19)18(4)15(21)17(12)3/h7-8H,6H2,1-5H3/t8-/m1/s1. The first-order chi connectivity index (χ1) is 10.8. The Kier molecular flexibility index (Phi) is 4.93. The molecule has 2 aromatic rings. The van der Waals surface area contributed by atoms with E-state index < -0.39 is 16.5 Å². The number of ether oxygens (including phenoxy) is 1. The molecule has 0 bridgehead atoms. The van der Waals surface area contributed by atoms with E-state index in [-0.39, 0.29) is 5.97 Å². The number of pyridine rings is 1. The molecule has 23 heavy (non-hydrogen) atoms. The summed E-state index contributed by atoms with van der Waals surface area (Å²) in [5.41, 5.74) is 0.325. The minimum atomic E-state index is -0.474. The molecular formula is C15H19N3O4S. The summed E-state index contributed by atoms with van der Waals surface area (Å²) in [5, 5.41) is -0.118. The molecule has 0 spiro atoms. The van der Waals surface area contributed by atoms with E-state index in [4.69, 9.17) is 4.74 Å². The first kappa shape index (κ1) is 17.3. The fraction of sp³-hybridized carbons (Fsp3) is 0.467. The van der Waals surface area contributed by atoms with Crippen molar-refractivity contribution in [1.29, 1.82) is 0 Å². The zero-order valence-corrected chi connectivity index (χ0v) is 14.6. The molecule has 1 atom stereocenters. The van der Waals surface area contributed by atoms with Gasteiger partial charge in [0.25, 0.3) is 5.56 Å². The highest BCUT2D eigenvalue weighted by atomic mass is 32.2. The van der Waals surface area contributed by atoms with Gasteiger partial charge in [0.15, 0.2) is 0 Å². The Labute approximate surface area is 137 Å². The normalized spacial score (nSPS) is 12.4. The van der Waals surface area contributed by atoms with Gasteiger partial charge in [-0.1, -0.05) is 6.92 Å². The Morgan fingerprint density at radius 2 is 2.00 bits per heavy atom. The van der Waals surface area contributed by atoms with Crippen molar-refractivity contribution >= 4 is 28.8 Å². The number of aromatic nitrogens is 3. The van der Waals surface area contributed by atoms with Crippen LogP contribution in [0.15, 0.2) is 20.7 Å². The van der Waals surface area contributed by atoms with Gasteiger partial charge in [0.2, 0.25) is 0 Å². The number of rotatable bonds is 4. The lowest BCUT2D eigenvalue weighted by molar-refractivity contribution is -0.139. The second-order valence-corrected chi connectivity index (χ2v) is 6.50. The average Bonchev–Trinajstić information content (AvgIpc) is 2.56. The Hall–Kier alpha value is -2.09. The number of nitrogens with zero attached hydrogens (tertiary/aromatic N) is 3. The Morgan fingerprint density at radius 1 is 1.35 bits per heavy atom. The van der Waals surface area contributed by atoms with E-state index in [9.17, 15) is 14.4 Å². The highest BCUT2D eigenvalue weighted by Gasteiger charge is 2.22. The van der Waals surface area contributed by atoms with Crippen molar-refractivity contribution in [1.82, 2.24) is 14.1 Å². The third-order valence-electron chi connectivity index (χ3n) is 3.70. The third kappa shape index (κ3) is 2.90. The van der Waals surface area contributed by atoms with Crippen molar-refractivity contribution in [2.45, 2.75) is 30.4 Å². The summed E-state index contributed by atoms with van der Waals surface area (Å²) in [4.78, 5) is 41.3. The van der Waals surface area contributed by atoms with Crippen LogP contribution in [0.4, 0.5) is 0 Å². The van der Waals surface area contributed by atoms with Gasteiger partial charge in [-0.15, -0.1) is 11.8 Å². The molecule has 0 aromatic carbocycles. The number of aryl methyl sites for hydroxylation is 2. The lowest BCUT2D eigenvalue weighted by Gasteiger charge is -2.15. The molecule has 0 radical (unpaired) electrons. The Balaban J connectivity index is 2.83. The largest absolute Gasteiger partial charge is 0.468 e. The molecule has 0 aliphatic carbocycles. The third-order valence-corrected chi connectivity index (χ3v) is 4.95. The molecule has 2 rings (SSSR count). The number of hydrogen-bond donors (Lipinski definition) is 0. The van der Waals surface area contributed by atoms with E-state index in [1.54, 1.807) is 20.2 Å². The molecule has 0 N–H and O–H groups in total. The van der Waals surface area contributed by atoms with Crippen molar-refractivity contribution in [2.24, 2.45) is 14.1 Å². The van der Waals surface area contributed by atoms with Gasteiger partial charge in [0, 0.05) is 25.2 Å². The summed E-state index contributed by atoms with van der Waals surface area (Å²) >= 11 is 1.25. The van der Waals surface area contributed by atoms with Gasteiger partial charge in [-0.05, 0) is 18.9 Å². The molecule has 0 aliphatic rings. The van der Waals surface area contributed by atoms with Gasteiger partial charge in [-0.25, -0.2) is 9.78 Å². The maximum absolute atomic E-state index is 12.6. The minimum Gasteiger partial charge on any atom is -0.468 e. The Morgan fingerprint density at radius 3 is 2.57 bits per heavy atom. The SMILES string of the molecule is CCc1cnc2c(c1S[C@H](C)C(=O)OC)c(=O)n(C)c(=O)n2C. The van der Waals surface area contributed by atoms with Crippen molar-refractivity contribution in [2.75, 3.05) is 7.11 Å². The summed E-state index contributed by atoms with van der Waals surface area (Å²) in [5.74, 6) is -0.372. The van der Waals surface area contributed by atoms with Gasteiger partial charge < -0.3 is 4.74 Å². The lowest BCUT2D eigenvalue weighted by Crippen LogP contribution is -2.37. The first-order valence-corrected chi connectivity index (χ1v) is 8.03. The van der Waals surface area contributed by atoms with Gasteiger partial charge in [0.05, 0.1) is 12.5 Å². The molecular weight excluding hydrogens is 318 g/mol. The van der Waals surface area contributed by atoms with Crippen LogP contribution in [0.2, 0.25) is 0 Å². The number of carbonyl (C=O) groups is 1. The zero-order valence-electron chi connectivity index (χ0n) is 13.7. The van der Waals surface area contributed by atoms with E-state index in [0.29, 0.717) is 22.3 Å². The molecule has 2 heterocycles. The van der Waals surface area contributed by atoms with E-state index >= 15 is 0 Å². The van der Waals surface area contributed by atoms with Crippen LogP contribution in [0.5, 0.6) is 0 Å². The van der Waals surface area contributed by atoms with E-state index in [0.717, 1.165) is 10.1 Å².